The van der Waals surface area contributed by atoms with Crippen molar-refractivity contribution in [3.8, 4) is 5.75 Å². The Morgan fingerprint density at radius 3 is 2.63 bits per heavy atom. The van der Waals surface area contributed by atoms with Crippen molar-refractivity contribution in [2.75, 3.05) is 11.5 Å². The van der Waals surface area contributed by atoms with Gasteiger partial charge in [0.05, 0.1) is 5.69 Å². The van der Waals surface area contributed by atoms with Gasteiger partial charge >= 0.3 is 5.97 Å². The number of nitrogens with two attached hydrogens (primary N) is 2. The van der Waals surface area contributed by atoms with Crippen LogP contribution in [0.15, 0.2) is 28.4 Å². The van der Waals surface area contributed by atoms with Crippen molar-refractivity contribution in [1.29, 1.82) is 0 Å². The van der Waals surface area contributed by atoms with Crippen LogP contribution < -0.4 is 11.5 Å². The summed E-state index contributed by atoms with van der Waals surface area (Å²) in [6.45, 7) is 0. The van der Waals surface area contributed by atoms with Gasteiger partial charge in [0.15, 0.2) is 5.82 Å². The number of aromatic carboxylic acids is 1. The van der Waals surface area contributed by atoms with Gasteiger partial charge < -0.3 is 26.7 Å². The third kappa shape index (κ3) is 2.60. The van der Waals surface area contributed by atoms with E-state index in [-0.39, 0.29) is 34.6 Å². The number of hydrogen-bond acceptors (Lipinski definition) is 7. The van der Waals surface area contributed by atoms with E-state index in [1.54, 1.807) is 0 Å². The SMILES string of the molecule is Nc1nc(N=Nc2ccc(O)c(C(=O)O)c2)[nH]c1N. The van der Waals surface area contributed by atoms with Crippen LogP contribution >= 0.6 is 0 Å². The lowest BCUT2D eigenvalue weighted by Crippen LogP contribution is -1.95. The summed E-state index contributed by atoms with van der Waals surface area (Å²) in [5.74, 6) is -1.24. The van der Waals surface area contributed by atoms with Crippen molar-refractivity contribution in [2.45, 2.75) is 0 Å². The summed E-state index contributed by atoms with van der Waals surface area (Å²) in [4.78, 5) is 17.2. The fraction of sp³-hybridized carbons (Fsp3) is 0. The standard InChI is InChI=1S/C10H10N6O3/c11-7-8(12)14-10(13-7)16-15-4-1-2-6(17)5(3-4)9(18)19/h1-3,17H,11-12H2,(H,13,14)(H,18,19). The molecule has 0 fully saturated rings. The number of carboxylic acid groups (broad SMARTS) is 1. The van der Waals surface area contributed by atoms with Crippen molar-refractivity contribution in [3.05, 3.63) is 23.8 Å². The first-order chi connectivity index (χ1) is 8.97. The number of imidazole rings is 1. The molecule has 9 nitrogen and oxygen atoms in total. The number of aromatic hydroxyl groups is 1. The Hall–Kier alpha value is -3.10. The topological polar surface area (TPSA) is 163 Å². The number of aromatic nitrogens is 2. The number of nitrogen functional groups attached to an aromatic ring is 2. The molecule has 7 N–H and O–H groups in total. The maximum atomic E-state index is 10.8. The van der Waals surface area contributed by atoms with Gasteiger partial charge in [-0.05, 0) is 18.2 Å². The number of aromatic amines is 1. The van der Waals surface area contributed by atoms with Crippen LogP contribution in [0.1, 0.15) is 10.4 Å². The molecule has 2 rings (SSSR count). The summed E-state index contributed by atoms with van der Waals surface area (Å²) >= 11 is 0. The molecule has 0 bridgehead atoms. The lowest BCUT2D eigenvalue weighted by atomic mass is 10.2. The minimum atomic E-state index is -1.26. The molecule has 0 saturated carbocycles. The molecule has 0 amide bonds. The zero-order valence-electron chi connectivity index (χ0n) is 9.53. The first-order valence-electron chi connectivity index (χ1n) is 5.06. The third-order valence-corrected chi connectivity index (χ3v) is 2.22. The molecule has 2 aromatic rings. The fourth-order valence-corrected chi connectivity index (χ4v) is 1.30. The zero-order valence-corrected chi connectivity index (χ0v) is 9.53. The number of phenols is 1. The number of azo groups is 1. The quantitative estimate of drug-likeness (QED) is 0.524. The van der Waals surface area contributed by atoms with Crippen molar-refractivity contribution < 1.29 is 15.0 Å². The Kier molecular flexibility index (Phi) is 3.02. The minimum absolute atomic E-state index is 0.0972. The first-order valence-corrected chi connectivity index (χ1v) is 5.06. The summed E-state index contributed by atoms with van der Waals surface area (Å²) in [5, 5.41) is 25.6. The van der Waals surface area contributed by atoms with Crippen LogP contribution in [0.25, 0.3) is 0 Å². The molecule has 0 aliphatic rings. The molecule has 0 radical (unpaired) electrons. The molecule has 0 aliphatic carbocycles. The number of benzene rings is 1. The van der Waals surface area contributed by atoms with Gasteiger partial charge in [0.25, 0.3) is 0 Å². The molecular formula is C10H10N6O3. The van der Waals surface area contributed by atoms with E-state index in [4.69, 9.17) is 16.6 Å². The lowest BCUT2D eigenvalue weighted by Gasteiger charge is -1.99. The lowest BCUT2D eigenvalue weighted by molar-refractivity contribution is 0.0694. The van der Waals surface area contributed by atoms with E-state index in [9.17, 15) is 9.90 Å². The first kappa shape index (κ1) is 12.4. The summed E-state index contributed by atoms with van der Waals surface area (Å²) in [5.41, 5.74) is 10.8. The van der Waals surface area contributed by atoms with Gasteiger partial charge in [0.2, 0.25) is 5.95 Å². The summed E-state index contributed by atoms with van der Waals surface area (Å²) in [6.07, 6.45) is 0. The summed E-state index contributed by atoms with van der Waals surface area (Å²) in [6, 6.07) is 3.79. The number of nitrogens with one attached hydrogen (secondary N) is 1. The van der Waals surface area contributed by atoms with E-state index in [0.717, 1.165) is 0 Å². The molecule has 19 heavy (non-hydrogen) atoms. The van der Waals surface area contributed by atoms with Gasteiger partial charge in [0.1, 0.15) is 17.1 Å². The number of carboxylic acids is 1. The predicted molar refractivity (Wildman–Crippen MR) is 66.7 cm³/mol. The van der Waals surface area contributed by atoms with Gasteiger partial charge in [-0.2, -0.15) is 4.98 Å². The van der Waals surface area contributed by atoms with Crippen molar-refractivity contribution in [2.24, 2.45) is 10.2 Å². The summed E-state index contributed by atoms with van der Waals surface area (Å²) in [7, 11) is 0. The van der Waals surface area contributed by atoms with Gasteiger partial charge in [-0.25, -0.2) is 4.79 Å². The Labute approximate surface area is 106 Å². The molecule has 1 aromatic heterocycles. The highest BCUT2D eigenvalue weighted by molar-refractivity contribution is 5.91. The molecule has 0 unspecified atom stereocenters. The second-order valence-electron chi connectivity index (χ2n) is 3.57. The van der Waals surface area contributed by atoms with Gasteiger partial charge in [-0.1, -0.05) is 0 Å². The smallest absolute Gasteiger partial charge is 0.339 e. The Bertz CT molecular complexity index is 644. The normalized spacial score (nSPS) is 10.9. The van der Waals surface area contributed by atoms with E-state index in [1.165, 1.54) is 18.2 Å². The second-order valence-corrected chi connectivity index (χ2v) is 3.57. The fourth-order valence-electron chi connectivity index (χ4n) is 1.30. The summed E-state index contributed by atoms with van der Waals surface area (Å²) < 4.78 is 0. The van der Waals surface area contributed by atoms with Crippen LogP contribution in [0.2, 0.25) is 0 Å². The average molecular weight is 262 g/mol. The molecule has 9 heteroatoms. The van der Waals surface area contributed by atoms with Gasteiger partial charge in [0, 0.05) is 0 Å². The molecule has 0 spiro atoms. The molecule has 0 saturated heterocycles. The number of hydrogen-bond donors (Lipinski definition) is 5. The van der Waals surface area contributed by atoms with E-state index in [1.807, 2.05) is 0 Å². The van der Waals surface area contributed by atoms with E-state index < -0.39 is 5.97 Å². The molecule has 1 aromatic carbocycles. The molecule has 1 heterocycles. The largest absolute Gasteiger partial charge is 0.507 e. The number of nitrogens with zero attached hydrogens (tertiary/aromatic N) is 3. The van der Waals surface area contributed by atoms with Crippen molar-refractivity contribution in [3.63, 3.8) is 0 Å². The van der Waals surface area contributed by atoms with Crippen LogP contribution in [0.5, 0.6) is 5.75 Å². The predicted octanol–water partition coefficient (Wildman–Crippen LogP) is 1.39. The average Bonchev–Trinajstić information content (AvgIpc) is 2.67. The Morgan fingerprint density at radius 1 is 1.32 bits per heavy atom. The van der Waals surface area contributed by atoms with Gasteiger partial charge in [-0.15, -0.1) is 10.2 Å². The van der Waals surface area contributed by atoms with Crippen molar-refractivity contribution in [1.82, 2.24) is 9.97 Å². The Balaban J connectivity index is 2.28. The van der Waals surface area contributed by atoms with Crippen LogP contribution in [-0.4, -0.2) is 26.2 Å². The maximum Gasteiger partial charge on any atom is 0.339 e. The van der Waals surface area contributed by atoms with E-state index >= 15 is 0 Å². The highest BCUT2D eigenvalue weighted by atomic mass is 16.4. The molecule has 0 aliphatic heterocycles. The van der Waals surface area contributed by atoms with Crippen LogP contribution in [-0.2, 0) is 0 Å². The van der Waals surface area contributed by atoms with Crippen LogP contribution in [0.4, 0.5) is 23.3 Å². The molecule has 98 valence electrons. The van der Waals surface area contributed by atoms with E-state index in [2.05, 4.69) is 20.2 Å². The third-order valence-electron chi connectivity index (χ3n) is 2.22. The molecule has 0 atom stereocenters. The number of rotatable bonds is 3. The molecular weight excluding hydrogens is 252 g/mol. The second kappa shape index (κ2) is 4.64. The monoisotopic (exact) mass is 262 g/mol. The minimum Gasteiger partial charge on any atom is -0.507 e. The zero-order chi connectivity index (χ0) is 14.0. The van der Waals surface area contributed by atoms with E-state index in [0.29, 0.717) is 0 Å². The number of anilines is 2. The van der Waals surface area contributed by atoms with Crippen molar-refractivity contribution >= 4 is 29.2 Å². The highest BCUT2D eigenvalue weighted by Gasteiger charge is 2.10. The highest BCUT2D eigenvalue weighted by Crippen LogP contribution is 2.25. The van der Waals surface area contributed by atoms with Gasteiger partial charge in [-0.3, -0.25) is 0 Å². The van der Waals surface area contributed by atoms with Crippen LogP contribution in [0, 0.1) is 0 Å². The number of carbonyl (C=O) groups is 1. The Morgan fingerprint density at radius 2 is 2.05 bits per heavy atom. The maximum absolute atomic E-state index is 10.8. The van der Waals surface area contributed by atoms with Crippen LogP contribution in [0.3, 0.4) is 0 Å². The number of H-pyrrole nitrogens is 1.